The van der Waals surface area contributed by atoms with Crippen LogP contribution in [-0.4, -0.2) is 0 Å². The molecule has 0 aliphatic carbocycles. The maximum atomic E-state index is 2.22. The third-order valence-corrected chi connectivity index (χ3v) is 4.30. The number of allylic oxidation sites excluding steroid dienone is 1. The van der Waals surface area contributed by atoms with E-state index in [9.17, 15) is 0 Å². The first-order chi connectivity index (χ1) is 13.6. The Kier molecular flexibility index (Phi) is 10.7. The molecule has 0 atom stereocenters. The van der Waals surface area contributed by atoms with E-state index < -0.39 is 0 Å². The number of hydrogen-bond donors (Lipinski definition) is 0. The van der Waals surface area contributed by atoms with Crippen molar-refractivity contribution in [1.82, 2.24) is 0 Å². The molecule has 0 aliphatic heterocycles. The molecule has 0 heteroatoms. The highest BCUT2D eigenvalue weighted by atomic mass is 14.1. The van der Waals surface area contributed by atoms with Crippen LogP contribution in [0.2, 0.25) is 0 Å². The molecule has 0 bridgehead atoms. The number of aryl methyl sites for hydroxylation is 1. The Morgan fingerprint density at radius 2 is 1.14 bits per heavy atom. The van der Waals surface area contributed by atoms with Crippen molar-refractivity contribution in [3.05, 3.63) is 89.5 Å². The molecule has 3 aromatic carbocycles. The Labute approximate surface area is 173 Å². The molecule has 0 saturated heterocycles. The van der Waals surface area contributed by atoms with Crippen LogP contribution in [0.5, 0.6) is 0 Å². The quantitative estimate of drug-likeness (QED) is 0.430. The van der Waals surface area contributed by atoms with E-state index in [1.54, 1.807) is 0 Å². The van der Waals surface area contributed by atoms with Gasteiger partial charge in [-0.3, -0.25) is 0 Å². The summed E-state index contributed by atoms with van der Waals surface area (Å²) in [5.41, 5.74) is 9.00. The zero-order valence-electron chi connectivity index (χ0n) is 18.7. The van der Waals surface area contributed by atoms with Crippen LogP contribution in [-0.2, 0) is 0 Å². The number of hydrogen-bond acceptors (Lipinski definition) is 0. The number of rotatable bonds is 3. The average Bonchev–Trinajstić information content (AvgIpc) is 2.73. The van der Waals surface area contributed by atoms with Crippen LogP contribution in [0.25, 0.3) is 28.3 Å². The highest BCUT2D eigenvalue weighted by molar-refractivity contribution is 5.75. The van der Waals surface area contributed by atoms with Gasteiger partial charge in [-0.25, -0.2) is 0 Å². The van der Waals surface area contributed by atoms with Crippen LogP contribution in [0.15, 0.2) is 72.8 Å². The first-order valence-corrected chi connectivity index (χ1v) is 10.5. The third kappa shape index (κ3) is 6.53. The minimum Gasteiger partial charge on any atom is -0.0871 e. The largest absolute Gasteiger partial charge is 0.0871 e. The molecule has 0 fully saturated rings. The lowest BCUT2D eigenvalue weighted by Crippen LogP contribution is -1.87. The molecule has 0 heterocycles. The highest BCUT2D eigenvalue weighted by Crippen LogP contribution is 2.29. The predicted octanol–water partition coefficient (Wildman–Crippen LogP) is 9.11. The van der Waals surface area contributed by atoms with Crippen molar-refractivity contribution < 1.29 is 0 Å². The van der Waals surface area contributed by atoms with Gasteiger partial charge in [-0.1, -0.05) is 119 Å². The van der Waals surface area contributed by atoms with Crippen LogP contribution in [0.4, 0.5) is 0 Å². The van der Waals surface area contributed by atoms with Crippen LogP contribution < -0.4 is 0 Å². The zero-order valence-corrected chi connectivity index (χ0v) is 18.7. The van der Waals surface area contributed by atoms with E-state index in [4.69, 9.17) is 0 Å². The van der Waals surface area contributed by atoms with E-state index >= 15 is 0 Å². The normalized spacial score (nSPS) is 9.96. The summed E-state index contributed by atoms with van der Waals surface area (Å²) in [4.78, 5) is 0. The monoisotopic (exact) mass is 372 g/mol. The minimum atomic E-state index is 1.25. The second-order valence-corrected chi connectivity index (χ2v) is 6.67. The van der Waals surface area contributed by atoms with Gasteiger partial charge in [-0.2, -0.15) is 0 Å². The Morgan fingerprint density at radius 3 is 1.64 bits per heavy atom. The Hall–Kier alpha value is -2.60. The van der Waals surface area contributed by atoms with Gasteiger partial charge < -0.3 is 0 Å². The summed E-state index contributed by atoms with van der Waals surface area (Å²) in [6, 6.07) is 24.0. The van der Waals surface area contributed by atoms with Crippen molar-refractivity contribution in [1.29, 1.82) is 0 Å². The molecule has 3 rings (SSSR count). The summed E-state index contributed by atoms with van der Waals surface area (Å²) in [5, 5.41) is 0. The standard InChI is InChI=1S/C23H22.C3H8.C2H6/c1-4-6-19-7-5-8-23(18(19)3)22-15-13-21(14-16-22)20-11-9-17(2)10-12-20;1-3-2;1-2/h4-16H,1-3H3;3H2,1-2H3;1-2H3/b6-4-;;. The van der Waals surface area contributed by atoms with Gasteiger partial charge in [0.05, 0.1) is 0 Å². The van der Waals surface area contributed by atoms with E-state index in [-0.39, 0.29) is 0 Å². The fourth-order valence-corrected chi connectivity index (χ4v) is 2.91. The Morgan fingerprint density at radius 1 is 0.679 bits per heavy atom. The van der Waals surface area contributed by atoms with E-state index in [0.717, 1.165) is 0 Å². The van der Waals surface area contributed by atoms with Crippen molar-refractivity contribution in [2.24, 2.45) is 0 Å². The number of benzene rings is 3. The molecule has 3 aromatic rings. The van der Waals surface area contributed by atoms with Gasteiger partial charge in [0.1, 0.15) is 0 Å². The highest BCUT2D eigenvalue weighted by Gasteiger charge is 2.05. The van der Waals surface area contributed by atoms with Gasteiger partial charge in [-0.05, 0) is 54.2 Å². The molecule has 0 N–H and O–H groups in total. The molecule has 0 unspecified atom stereocenters. The lowest BCUT2D eigenvalue weighted by molar-refractivity contribution is 1.09. The maximum Gasteiger partial charge on any atom is -0.0149 e. The molecular weight excluding hydrogens is 336 g/mol. The lowest BCUT2D eigenvalue weighted by atomic mass is 9.94. The lowest BCUT2D eigenvalue weighted by Gasteiger charge is -2.10. The minimum absolute atomic E-state index is 1.25. The van der Waals surface area contributed by atoms with E-state index in [1.165, 1.54) is 45.4 Å². The predicted molar refractivity (Wildman–Crippen MR) is 129 cm³/mol. The molecule has 0 aromatic heterocycles. The van der Waals surface area contributed by atoms with Crippen LogP contribution >= 0.6 is 0 Å². The molecule has 0 radical (unpaired) electrons. The summed E-state index contributed by atoms with van der Waals surface area (Å²) in [7, 11) is 0. The van der Waals surface area contributed by atoms with Crippen LogP contribution in [0.1, 0.15) is 57.7 Å². The zero-order chi connectivity index (χ0) is 20.9. The van der Waals surface area contributed by atoms with E-state index in [1.807, 2.05) is 13.8 Å². The molecule has 0 nitrogen and oxygen atoms in total. The van der Waals surface area contributed by atoms with Gasteiger partial charge in [-0.15, -0.1) is 0 Å². The molecule has 28 heavy (non-hydrogen) atoms. The van der Waals surface area contributed by atoms with Gasteiger partial charge in [0.25, 0.3) is 0 Å². The van der Waals surface area contributed by atoms with Crippen molar-refractivity contribution >= 4 is 6.08 Å². The fourth-order valence-electron chi connectivity index (χ4n) is 2.91. The Bertz CT molecular complexity index is 834. The van der Waals surface area contributed by atoms with Crippen LogP contribution in [0.3, 0.4) is 0 Å². The van der Waals surface area contributed by atoms with Crippen molar-refractivity contribution in [2.75, 3.05) is 0 Å². The van der Waals surface area contributed by atoms with Crippen LogP contribution in [0, 0.1) is 13.8 Å². The maximum absolute atomic E-state index is 2.22. The molecular formula is C28H36. The Balaban J connectivity index is 0.000000717. The first kappa shape index (κ1) is 23.4. The van der Waals surface area contributed by atoms with Crippen molar-refractivity contribution in [3.8, 4) is 22.3 Å². The van der Waals surface area contributed by atoms with Gasteiger partial charge in [0.15, 0.2) is 0 Å². The molecule has 0 spiro atoms. The fraction of sp³-hybridized carbons (Fsp3) is 0.286. The molecule has 0 saturated carbocycles. The van der Waals surface area contributed by atoms with Gasteiger partial charge in [0, 0.05) is 0 Å². The van der Waals surface area contributed by atoms with E-state index in [2.05, 4.69) is 114 Å². The van der Waals surface area contributed by atoms with Gasteiger partial charge in [0.2, 0.25) is 0 Å². The molecule has 0 amide bonds. The SMILES string of the molecule is C/C=C\c1cccc(-c2ccc(-c3ccc(C)cc3)cc2)c1C.CC.CCC. The smallest absolute Gasteiger partial charge is 0.0149 e. The summed E-state index contributed by atoms with van der Waals surface area (Å²) in [6.45, 7) is 14.6. The van der Waals surface area contributed by atoms with Crippen molar-refractivity contribution in [3.63, 3.8) is 0 Å². The second kappa shape index (κ2) is 12.7. The topological polar surface area (TPSA) is 0 Å². The molecule has 0 aliphatic rings. The third-order valence-electron chi connectivity index (χ3n) is 4.30. The summed E-state index contributed by atoms with van der Waals surface area (Å²) >= 11 is 0. The average molecular weight is 373 g/mol. The summed E-state index contributed by atoms with van der Waals surface area (Å²) < 4.78 is 0. The van der Waals surface area contributed by atoms with Gasteiger partial charge >= 0.3 is 0 Å². The second-order valence-electron chi connectivity index (χ2n) is 6.67. The summed E-state index contributed by atoms with van der Waals surface area (Å²) in [5.74, 6) is 0. The first-order valence-electron chi connectivity index (χ1n) is 10.5. The summed E-state index contributed by atoms with van der Waals surface area (Å²) in [6.07, 6.45) is 5.51. The van der Waals surface area contributed by atoms with E-state index in [0.29, 0.717) is 0 Å². The molecule has 148 valence electrons. The van der Waals surface area contributed by atoms with Crippen molar-refractivity contribution in [2.45, 2.75) is 54.9 Å².